The summed E-state index contributed by atoms with van der Waals surface area (Å²) < 4.78 is 26.4. The van der Waals surface area contributed by atoms with Crippen molar-refractivity contribution < 1.29 is 18.0 Å². The summed E-state index contributed by atoms with van der Waals surface area (Å²) in [6, 6.07) is 6.92. The first kappa shape index (κ1) is 16.0. The molecule has 0 spiro atoms. The summed E-state index contributed by atoms with van der Waals surface area (Å²) in [4.78, 5) is 26.6. The lowest BCUT2D eigenvalue weighted by Gasteiger charge is -2.32. The molecular formula is C16H20N2O4S. The molecule has 2 amide bonds. The molecule has 0 saturated carbocycles. The maximum Gasteiger partial charge on any atom is 0.267 e. The van der Waals surface area contributed by atoms with Gasteiger partial charge in [-0.3, -0.25) is 9.59 Å². The molecule has 1 unspecified atom stereocenters. The van der Waals surface area contributed by atoms with Crippen LogP contribution in [0.25, 0.3) is 0 Å². The number of carbonyl (C=O) groups is 2. The van der Waals surface area contributed by atoms with Crippen LogP contribution in [0.4, 0.5) is 0 Å². The molecule has 7 heteroatoms. The molecule has 3 rings (SSSR count). The fourth-order valence-electron chi connectivity index (χ4n) is 3.22. The van der Waals surface area contributed by atoms with Crippen LogP contribution in [0.5, 0.6) is 0 Å². The van der Waals surface area contributed by atoms with E-state index in [9.17, 15) is 18.0 Å². The van der Waals surface area contributed by atoms with Gasteiger partial charge in [-0.05, 0) is 37.8 Å². The van der Waals surface area contributed by atoms with Crippen molar-refractivity contribution in [3.05, 3.63) is 30.3 Å². The topological polar surface area (TPSA) is 74.8 Å². The number of nitrogens with zero attached hydrogens (tertiary/aromatic N) is 2. The molecule has 1 aromatic rings. The van der Waals surface area contributed by atoms with Crippen LogP contribution >= 0.6 is 0 Å². The predicted molar refractivity (Wildman–Crippen MR) is 83.9 cm³/mol. The molecule has 2 aliphatic heterocycles. The molecule has 124 valence electrons. The SMILES string of the molecule is O=C(C1CCC(=O)N1S(=O)(=O)c1ccccc1)N1CCCCC1. The number of rotatable bonds is 3. The van der Waals surface area contributed by atoms with E-state index < -0.39 is 22.0 Å². The average Bonchev–Trinajstić information content (AvgIpc) is 2.98. The third-order valence-corrected chi connectivity index (χ3v) is 6.26. The van der Waals surface area contributed by atoms with Crippen LogP contribution in [-0.4, -0.2) is 48.6 Å². The minimum absolute atomic E-state index is 0.0479. The van der Waals surface area contributed by atoms with Crippen molar-refractivity contribution >= 4 is 21.8 Å². The van der Waals surface area contributed by atoms with Gasteiger partial charge in [0.25, 0.3) is 10.0 Å². The summed E-state index contributed by atoms with van der Waals surface area (Å²) in [6.45, 7) is 1.28. The molecule has 2 heterocycles. The molecule has 0 bridgehead atoms. The molecule has 0 aromatic heterocycles. The summed E-state index contributed by atoms with van der Waals surface area (Å²) in [5, 5.41) is 0. The highest BCUT2D eigenvalue weighted by Gasteiger charge is 2.45. The predicted octanol–water partition coefficient (Wildman–Crippen LogP) is 1.38. The van der Waals surface area contributed by atoms with E-state index in [1.54, 1.807) is 23.1 Å². The summed E-state index contributed by atoms with van der Waals surface area (Å²) >= 11 is 0. The number of piperidine rings is 1. The van der Waals surface area contributed by atoms with Crippen molar-refractivity contribution in [2.45, 2.75) is 43.0 Å². The first-order valence-electron chi connectivity index (χ1n) is 7.93. The first-order chi connectivity index (χ1) is 11.0. The Morgan fingerprint density at radius 1 is 1.04 bits per heavy atom. The van der Waals surface area contributed by atoms with Crippen molar-refractivity contribution in [2.75, 3.05) is 13.1 Å². The molecule has 2 saturated heterocycles. The number of hydrogen-bond acceptors (Lipinski definition) is 4. The second kappa shape index (κ2) is 6.31. The molecule has 0 N–H and O–H groups in total. The number of carbonyl (C=O) groups excluding carboxylic acids is 2. The van der Waals surface area contributed by atoms with Gasteiger partial charge in [-0.2, -0.15) is 0 Å². The normalized spacial score (nSPS) is 22.4. The monoisotopic (exact) mass is 336 g/mol. The number of amides is 2. The van der Waals surface area contributed by atoms with E-state index in [1.165, 1.54) is 12.1 Å². The number of sulfonamides is 1. The van der Waals surface area contributed by atoms with Gasteiger partial charge in [0.05, 0.1) is 4.90 Å². The Labute approximate surface area is 136 Å². The van der Waals surface area contributed by atoms with Gasteiger partial charge >= 0.3 is 0 Å². The van der Waals surface area contributed by atoms with Crippen LogP contribution in [0.1, 0.15) is 32.1 Å². The second-order valence-electron chi connectivity index (χ2n) is 5.95. The van der Waals surface area contributed by atoms with Crippen LogP contribution in [0, 0.1) is 0 Å². The van der Waals surface area contributed by atoms with Gasteiger partial charge in [-0.15, -0.1) is 0 Å². The molecule has 6 nitrogen and oxygen atoms in total. The van der Waals surface area contributed by atoms with Crippen LogP contribution in [-0.2, 0) is 19.6 Å². The number of benzene rings is 1. The Morgan fingerprint density at radius 3 is 2.35 bits per heavy atom. The molecule has 1 atom stereocenters. The summed E-state index contributed by atoms with van der Waals surface area (Å²) in [6.07, 6.45) is 3.30. The fraction of sp³-hybridized carbons (Fsp3) is 0.500. The fourth-order valence-corrected chi connectivity index (χ4v) is 4.84. The molecule has 0 radical (unpaired) electrons. The highest BCUT2D eigenvalue weighted by molar-refractivity contribution is 7.89. The molecule has 23 heavy (non-hydrogen) atoms. The van der Waals surface area contributed by atoms with E-state index in [1.807, 2.05) is 0 Å². The maximum atomic E-state index is 12.8. The largest absolute Gasteiger partial charge is 0.341 e. The quantitative estimate of drug-likeness (QED) is 0.836. The highest BCUT2D eigenvalue weighted by Crippen LogP contribution is 2.29. The van der Waals surface area contributed by atoms with E-state index in [2.05, 4.69) is 0 Å². The second-order valence-corrected chi connectivity index (χ2v) is 7.76. The lowest BCUT2D eigenvalue weighted by atomic mass is 10.1. The Hall–Kier alpha value is -1.89. The third-order valence-electron chi connectivity index (χ3n) is 4.41. The zero-order chi connectivity index (χ0) is 16.4. The molecule has 0 aliphatic carbocycles. The molecular weight excluding hydrogens is 316 g/mol. The van der Waals surface area contributed by atoms with Crippen molar-refractivity contribution in [3.63, 3.8) is 0 Å². The van der Waals surface area contributed by atoms with Crippen molar-refractivity contribution in [1.29, 1.82) is 0 Å². The third kappa shape index (κ3) is 2.97. The van der Waals surface area contributed by atoms with Crippen molar-refractivity contribution in [3.8, 4) is 0 Å². The smallest absolute Gasteiger partial charge is 0.267 e. The van der Waals surface area contributed by atoms with E-state index >= 15 is 0 Å². The molecule has 1 aromatic carbocycles. The summed E-state index contributed by atoms with van der Waals surface area (Å²) in [5.41, 5.74) is 0. The Bertz CT molecular complexity index is 696. The van der Waals surface area contributed by atoms with Gasteiger partial charge in [-0.25, -0.2) is 12.7 Å². The van der Waals surface area contributed by atoms with Gasteiger partial charge in [0, 0.05) is 19.5 Å². The minimum atomic E-state index is -3.98. The van der Waals surface area contributed by atoms with Crippen molar-refractivity contribution in [1.82, 2.24) is 9.21 Å². The lowest BCUT2D eigenvalue weighted by molar-refractivity contribution is -0.138. The van der Waals surface area contributed by atoms with Crippen molar-refractivity contribution in [2.24, 2.45) is 0 Å². The Morgan fingerprint density at radius 2 is 1.70 bits per heavy atom. The number of likely N-dealkylation sites (tertiary alicyclic amines) is 1. The van der Waals surface area contributed by atoms with Gasteiger partial charge in [-0.1, -0.05) is 18.2 Å². The van der Waals surface area contributed by atoms with Gasteiger partial charge in [0.2, 0.25) is 11.8 Å². The zero-order valence-electron chi connectivity index (χ0n) is 12.8. The van der Waals surface area contributed by atoms with Crippen LogP contribution in [0.2, 0.25) is 0 Å². The maximum absolute atomic E-state index is 12.8. The van der Waals surface area contributed by atoms with Crippen LogP contribution in [0.15, 0.2) is 35.2 Å². The van der Waals surface area contributed by atoms with Gasteiger partial charge in [0.15, 0.2) is 0 Å². The first-order valence-corrected chi connectivity index (χ1v) is 9.37. The van der Waals surface area contributed by atoms with E-state index in [0.717, 1.165) is 23.6 Å². The average molecular weight is 336 g/mol. The van der Waals surface area contributed by atoms with E-state index in [0.29, 0.717) is 13.1 Å². The summed E-state index contributed by atoms with van der Waals surface area (Å²) in [5.74, 6) is -0.737. The van der Waals surface area contributed by atoms with Gasteiger partial charge < -0.3 is 4.90 Å². The van der Waals surface area contributed by atoms with E-state index in [-0.39, 0.29) is 23.6 Å². The number of hydrogen-bond donors (Lipinski definition) is 0. The zero-order valence-corrected chi connectivity index (χ0v) is 13.7. The molecule has 2 aliphatic rings. The van der Waals surface area contributed by atoms with Crippen LogP contribution < -0.4 is 0 Å². The molecule has 2 fully saturated rings. The lowest BCUT2D eigenvalue weighted by Crippen LogP contribution is -2.50. The highest BCUT2D eigenvalue weighted by atomic mass is 32.2. The van der Waals surface area contributed by atoms with Gasteiger partial charge in [0.1, 0.15) is 6.04 Å². The Balaban J connectivity index is 1.89. The summed E-state index contributed by atoms with van der Waals surface area (Å²) in [7, 11) is -3.98. The van der Waals surface area contributed by atoms with Crippen LogP contribution in [0.3, 0.4) is 0 Å². The minimum Gasteiger partial charge on any atom is -0.341 e. The Kier molecular flexibility index (Phi) is 4.39. The standard InChI is InChI=1S/C16H20N2O4S/c19-15-10-9-14(16(20)17-11-5-2-6-12-17)18(15)23(21,22)13-7-3-1-4-8-13/h1,3-4,7-8,14H,2,5-6,9-12H2. The van der Waals surface area contributed by atoms with E-state index in [4.69, 9.17) is 0 Å².